The van der Waals surface area contributed by atoms with Crippen LogP contribution in [-0.4, -0.2) is 31.1 Å². The highest BCUT2D eigenvalue weighted by Crippen LogP contribution is 2.12. The van der Waals surface area contributed by atoms with Gasteiger partial charge in [-0.25, -0.2) is 4.98 Å². The van der Waals surface area contributed by atoms with Crippen LogP contribution in [0.5, 0.6) is 0 Å². The molecule has 0 aliphatic heterocycles. The summed E-state index contributed by atoms with van der Waals surface area (Å²) in [6.45, 7) is 3.78. The first-order chi connectivity index (χ1) is 11.2. The van der Waals surface area contributed by atoms with Gasteiger partial charge in [-0.3, -0.25) is 4.99 Å². The Morgan fingerprint density at radius 2 is 2.09 bits per heavy atom. The van der Waals surface area contributed by atoms with Crippen molar-refractivity contribution in [3.63, 3.8) is 0 Å². The summed E-state index contributed by atoms with van der Waals surface area (Å²) in [5.41, 5.74) is 2.49. The Balaban J connectivity index is 1.63. The van der Waals surface area contributed by atoms with Gasteiger partial charge in [-0.05, 0) is 37.5 Å². The number of nitrogens with zero attached hydrogens (tertiary/aromatic N) is 2. The molecule has 2 N–H and O–H groups in total. The lowest BCUT2D eigenvalue weighted by Gasteiger charge is -2.11. The molecule has 6 heteroatoms. The number of guanidine groups is 1. The number of aryl methyl sites for hydroxylation is 2. The normalized spacial score (nSPS) is 11.5. The number of hydrogen-bond donors (Lipinski definition) is 2. The molecule has 0 unspecified atom stereocenters. The van der Waals surface area contributed by atoms with Gasteiger partial charge in [0.25, 0.3) is 0 Å². The SMILES string of the molecule is CN=C(NCCCc1cccc(Br)c1)NCCc1csc(C)n1. The molecule has 0 spiro atoms. The summed E-state index contributed by atoms with van der Waals surface area (Å²) >= 11 is 5.20. The smallest absolute Gasteiger partial charge is 0.190 e. The van der Waals surface area contributed by atoms with E-state index >= 15 is 0 Å². The summed E-state index contributed by atoms with van der Waals surface area (Å²) in [5.74, 6) is 0.853. The van der Waals surface area contributed by atoms with Gasteiger partial charge >= 0.3 is 0 Å². The molecule has 23 heavy (non-hydrogen) atoms. The van der Waals surface area contributed by atoms with Gasteiger partial charge in [-0.2, -0.15) is 0 Å². The van der Waals surface area contributed by atoms with Crippen LogP contribution in [0.4, 0.5) is 0 Å². The Labute approximate surface area is 150 Å². The molecule has 0 atom stereocenters. The summed E-state index contributed by atoms with van der Waals surface area (Å²) in [7, 11) is 1.80. The van der Waals surface area contributed by atoms with Gasteiger partial charge in [0.1, 0.15) is 0 Å². The molecule has 0 fully saturated rings. The van der Waals surface area contributed by atoms with Gasteiger partial charge in [-0.15, -0.1) is 11.3 Å². The second kappa shape index (κ2) is 9.67. The van der Waals surface area contributed by atoms with Crippen molar-refractivity contribution < 1.29 is 0 Å². The Hall–Kier alpha value is -1.40. The van der Waals surface area contributed by atoms with Crippen LogP contribution in [0.25, 0.3) is 0 Å². The van der Waals surface area contributed by atoms with Gasteiger partial charge in [-0.1, -0.05) is 28.1 Å². The molecule has 2 aromatic rings. The van der Waals surface area contributed by atoms with Crippen molar-refractivity contribution in [2.24, 2.45) is 4.99 Å². The lowest BCUT2D eigenvalue weighted by Crippen LogP contribution is -2.38. The molecule has 1 heterocycles. The summed E-state index contributed by atoms with van der Waals surface area (Å²) in [4.78, 5) is 8.72. The van der Waals surface area contributed by atoms with Gasteiger partial charge in [0.15, 0.2) is 5.96 Å². The molecule has 0 aliphatic rings. The molecule has 0 bridgehead atoms. The lowest BCUT2D eigenvalue weighted by molar-refractivity contribution is 0.736. The molecule has 0 aliphatic carbocycles. The van der Waals surface area contributed by atoms with Crippen LogP contribution in [0.3, 0.4) is 0 Å². The third-order valence-corrected chi connectivity index (χ3v) is 4.70. The monoisotopic (exact) mass is 394 g/mol. The summed E-state index contributed by atoms with van der Waals surface area (Å²) in [6.07, 6.45) is 3.05. The van der Waals surface area contributed by atoms with E-state index in [0.29, 0.717) is 0 Å². The quantitative estimate of drug-likeness (QED) is 0.428. The molecular weight excluding hydrogens is 372 g/mol. The number of halogens is 1. The minimum Gasteiger partial charge on any atom is -0.356 e. The van der Waals surface area contributed by atoms with E-state index < -0.39 is 0 Å². The lowest BCUT2D eigenvalue weighted by atomic mass is 10.1. The van der Waals surface area contributed by atoms with Crippen LogP contribution in [-0.2, 0) is 12.8 Å². The summed E-state index contributed by atoms with van der Waals surface area (Å²) in [6, 6.07) is 8.46. The van der Waals surface area contributed by atoms with E-state index in [1.165, 1.54) is 5.56 Å². The third kappa shape index (κ3) is 6.71. The zero-order chi connectivity index (χ0) is 16.5. The number of benzene rings is 1. The highest BCUT2D eigenvalue weighted by atomic mass is 79.9. The van der Waals surface area contributed by atoms with Gasteiger partial charge in [0, 0.05) is 36.4 Å². The van der Waals surface area contributed by atoms with E-state index in [9.17, 15) is 0 Å². The van der Waals surface area contributed by atoms with Crippen LogP contribution in [0.15, 0.2) is 39.1 Å². The Morgan fingerprint density at radius 1 is 1.26 bits per heavy atom. The standard InChI is InChI=1S/C17H23BrN4S/c1-13-22-16(12-23-13)8-10-21-17(19-2)20-9-4-6-14-5-3-7-15(18)11-14/h3,5,7,11-12H,4,6,8-10H2,1-2H3,(H2,19,20,21). The fraction of sp³-hybridized carbons (Fsp3) is 0.412. The molecule has 0 amide bonds. The van der Waals surface area contributed by atoms with Crippen molar-refractivity contribution in [1.82, 2.24) is 15.6 Å². The first-order valence-corrected chi connectivity index (χ1v) is 9.44. The minimum absolute atomic E-state index is 0.842. The van der Waals surface area contributed by atoms with Crippen LogP contribution >= 0.6 is 27.3 Å². The average molecular weight is 395 g/mol. The molecular formula is C17H23BrN4S. The number of rotatable bonds is 7. The van der Waals surface area contributed by atoms with E-state index in [-0.39, 0.29) is 0 Å². The fourth-order valence-electron chi connectivity index (χ4n) is 2.24. The van der Waals surface area contributed by atoms with Gasteiger partial charge in [0.05, 0.1) is 10.7 Å². The molecule has 0 radical (unpaired) electrons. The number of hydrogen-bond acceptors (Lipinski definition) is 3. The minimum atomic E-state index is 0.842. The predicted octanol–water partition coefficient (Wildman–Crippen LogP) is 3.55. The highest BCUT2D eigenvalue weighted by molar-refractivity contribution is 9.10. The number of aromatic nitrogens is 1. The van der Waals surface area contributed by atoms with E-state index in [1.54, 1.807) is 18.4 Å². The van der Waals surface area contributed by atoms with Crippen molar-refractivity contribution in [3.8, 4) is 0 Å². The molecule has 0 saturated heterocycles. The molecule has 124 valence electrons. The molecule has 0 saturated carbocycles. The van der Waals surface area contributed by atoms with Crippen LogP contribution in [0, 0.1) is 6.92 Å². The van der Waals surface area contributed by atoms with Crippen LogP contribution in [0.1, 0.15) is 22.7 Å². The Morgan fingerprint density at radius 3 is 2.78 bits per heavy atom. The van der Waals surface area contributed by atoms with Crippen LogP contribution < -0.4 is 10.6 Å². The summed E-state index contributed by atoms with van der Waals surface area (Å²) < 4.78 is 1.14. The van der Waals surface area contributed by atoms with Crippen molar-refractivity contribution >= 4 is 33.2 Å². The van der Waals surface area contributed by atoms with Gasteiger partial charge in [0.2, 0.25) is 0 Å². The first kappa shape index (κ1) is 17.9. The second-order valence-electron chi connectivity index (χ2n) is 5.27. The summed E-state index contributed by atoms with van der Waals surface area (Å²) in [5, 5.41) is 9.92. The topological polar surface area (TPSA) is 49.3 Å². The van der Waals surface area contributed by atoms with Crippen LogP contribution in [0.2, 0.25) is 0 Å². The van der Waals surface area contributed by atoms with Crippen molar-refractivity contribution in [3.05, 3.63) is 50.4 Å². The van der Waals surface area contributed by atoms with Crippen molar-refractivity contribution in [1.29, 1.82) is 0 Å². The van der Waals surface area contributed by atoms with Crippen molar-refractivity contribution in [2.45, 2.75) is 26.2 Å². The van der Waals surface area contributed by atoms with Gasteiger partial charge < -0.3 is 10.6 Å². The first-order valence-electron chi connectivity index (χ1n) is 7.77. The number of aliphatic imine (C=N–C) groups is 1. The molecule has 4 nitrogen and oxygen atoms in total. The maximum absolute atomic E-state index is 4.46. The second-order valence-corrected chi connectivity index (χ2v) is 7.25. The number of thiazole rings is 1. The van der Waals surface area contributed by atoms with E-state index in [0.717, 1.165) is 53.5 Å². The third-order valence-electron chi connectivity index (χ3n) is 3.39. The fourth-order valence-corrected chi connectivity index (χ4v) is 3.34. The van der Waals surface area contributed by atoms with E-state index in [2.05, 4.69) is 66.2 Å². The predicted molar refractivity (Wildman–Crippen MR) is 102 cm³/mol. The Kier molecular flexibility index (Phi) is 7.55. The zero-order valence-electron chi connectivity index (χ0n) is 13.6. The molecule has 1 aromatic heterocycles. The molecule has 2 rings (SSSR count). The highest BCUT2D eigenvalue weighted by Gasteiger charge is 2.01. The largest absolute Gasteiger partial charge is 0.356 e. The molecule has 1 aromatic carbocycles. The van der Waals surface area contributed by atoms with Crippen molar-refractivity contribution in [2.75, 3.05) is 20.1 Å². The zero-order valence-corrected chi connectivity index (χ0v) is 16.0. The Bertz CT molecular complexity index is 639. The van der Waals surface area contributed by atoms with E-state index in [1.807, 2.05) is 6.92 Å². The number of nitrogens with one attached hydrogen (secondary N) is 2. The average Bonchev–Trinajstić information content (AvgIpc) is 2.95. The maximum Gasteiger partial charge on any atom is 0.190 e. The maximum atomic E-state index is 4.46. The van der Waals surface area contributed by atoms with E-state index in [4.69, 9.17) is 0 Å².